The fourth-order valence-electron chi connectivity index (χ4n) is 1.63. The topological polar surface area (TPSA) is 55.1 Å². The van der Waals surface area contributed by atoms with Crippen LogP contribution in [0.15, 0.2) is 24.3 Å². The van der Waals surface area contributed by atoms with Gasteiger partial charge in [0.1, 0.15) is 0 Å². The summed E-state index contributed by atoms with van der Waals surface area (Å²) in [6.45, 7) is 8.84. The molecule has 1 unspecified atom stereocenters. The van der Waals surface area contributed by atoms with Gasteiger partial charge in [0, 0.05) is 12.0 Å². The zero-order valence-electron chi connectivity index (χ0n) is 12.8. The van der Waals surface area contributed by atoms with E-state index in [9.17, 15) is 4.79 Å². The Bertz CT molecular complexity index is 518. The smallest absolute Gasteiger partial charge is 0.224 e. The summed E-state index contributed by atoms with van der Waals surface area (Å²) in [4.78, 5) is 12.1. The second-order valence-electron chi connectivity index (χ2n) is 6.07. The highest BCUT2D eigenvalue weighted by Crippen LogP contribution is 2.28. The van der Waals surface area contributed by atoms with E-state index in [1.54, 1.807) is 0 Å². The van der Waals surface area contributed by atoms with E-state index >= 15 is 0 Å². The Morgan fingerprint density at radius 3 is 2.60 bits per heavy atom. The zero-order valence-corrected chi connectivity index (χ0v) is 12.8. The minimum Gasteiger partial charge on any atom is -0.325 e. The molecule has 0 aliphatic heterocycles. The van der Waals surface area contributed by atoms with Crippen molar-refractivity contribution in [2.45, 2.75) is 34.1 Å². The first-order valence-electron chi connectivity index (χ1n) is 6.92. The van der Waals surface area contributed by atoms with E-state index in [1.165, 1.54) is 0 Å². The van der Waals surface area contributed by atoms with Gasteiger partial charge in [0.2, 0.25) is 5.91 Å². The van der Waals surface area contributed by atoms with E-state index in [4.69, 9.17) is 5.73 Å². The van der Waals surface area contributed by atoms with Crippen LogP contribution in [0, 0.1) is 23.2 Å². The van der Waals surface area contributed by atoms with Crippen molar-refractivity contribution in [2.24, 2.45) is 17.1 Å². The van der Waals surface area contributed by atoms with Gasteiger partial charge in [-0.2, -0.15) is 0 Å². The van der Waals surface area contributed by atoms with Crippen LogP contribution in [-0.4, -0.2) is 12.5 Å². The Balaban J connectivity index is 2.76. The minimum absolute atomic E-state index is 0.0226. The summed E-state index contributed by atoms with van der Waals surface area (Å²) in [7, 11) is 0. The molecule has 1 atom stereocenters. The molecule has 0 aromatic heterocycles. The Kier molecular flexibility index (Phi) is 5.79. The van der Waals surface area contributed by atoms with Gasteiger partial charge in [0.05, 0.1) is 12.2 Å². The molecule has 0 aliphatic carbocycles. The highest BCUT2D eigenvalue weighted by Gasteiger charge is 2.22. The molecule has 0 saturated carbocycles. The van der Waals surface area contributed by atoms with Crippen molar-refractivity contribution >= 4 is 11.6 Å². The van der Waals surface area contributed by atoms with Gasteiger partial charge >= 0.3 is 0 Å². The predicted molar refractivity (Wildman–Crippen MR) is 84.2 cm³/mol. The molecule has 3 heteroatoms. The van der Waals surface area contributed by atoms with Gasteiger partial charge in [-0.25, -0.2) is 0 Å². The van der Waals surface area contributed by atoms with Gasteiger partial charge < -0.3 is 11.1 Å². The maximum atomic E-state index is 12.1. The third kappa shape index (κ3) is 5.07. The molecule has 0 aliphatic rings. The molecule has 0 fully saturated rings. The van der Waals surface area contributed by atoms with E-state index in [1.807, 2.05) is 24.3 Å². The lowest BCUT2D eigenvalue weighted by molar-refractivity contribution is -0.117. The SMILES string of the molecule is CC(CC(=O)Nc1ccccc1C#CCN)C(C)(C)C. The molecule has 0 spiro atoms. The second-order valence-corrected chi connectivity index (χ2v) is 6.07. The number of amides is 1. The van der Waals surface area contributed by atoms with Gasteiger partial charge in [-0.15, -0.1) is 0 Å². The molecular weight excluding hydrogens is 248 g/mol. The molecule has 1 amide bonds. The molecule has 20 heavy (non-hydrogen) atoms. The molecular formula is C17H24N2O. The molecule has 0 saturated heterocycles. The van der Waals surface area contributed by atoms with Crippen LogP contribution < -0.4 is 11.1 Å². The number of para-hydroxylation sites is 1. The van der Waals surface area contributed by atoms with E-state index in [2.05, 4.69) is 44.9 Å². The second kappa shape index (κ2) is 7.12. The number of hydrogen-bond acceptors (Lipinski definition) is 2. The number of benzene rings is 1. The Morgan fingerprint density at radius 1 is 1.35 bits per heavy atom. The maximum absolute atomic E-state index is 12.1. The van der Waals surface area contributed by atoms with Crippen molar-refractivity contribution in [2.75, 3.05) is 11.9 Å². The summed E-state index contributed by atoms with van der Waals surface area (Å²) >= 11 is 0. The van der Waals surface area contributed by atoms with Crippen LogP contribution in [0.4, 0.5) is 5.69 Å². The number of nitrogens with two attached hydrogens (primary N) is 1. The first-order valence-corrected chi connectivity index (χ1v) is 6.92. The maximum Gasteiger partial charge on any atom is 0.224 e. The third-order valence-corrected chi connectivity index (χ3v) is 3.50. The van der Waals surface area contributed by atoms with Crippen molar-refractivity contribution < 1.29 is 4.79 Å². The van der Waals surface area contributed by atoms with Crippen LogP contribution in [0.25, 0.3) is 0 Å². The summed E-state index contributed by atoms with van der Waals surface area (Å²) in [5, 5.41) is 2.94. The largest absolute Gasteiger partial charge is 0.325 e. The molecule has 0 bridgehead atoms. The fourth-order valence-corrected chi connectivity index (χ4v) is 1.63. The van der Waals surface area contributed by atoms with E-state index in [-0.39, 0.29) is 11.3 Å². The molecule has 1 aromatic carbocycles. The van der Waals surface area contributed by atoms with Crippen LogP contribution in [0.2, 0.25) is 0 Å². The quantitative estimate of drug-likeness (QED) is 0.831. The molecule has 3 N–H and O–H groups in total. The Labute approximate surface area is 121 Å². The summed E-state index contributed by atoms with van der Waals surface area (Å²) in [6.07, 6.45) is 0.502. The number of anilines is 1. The number of hydrogen-bond donors (Lipinski definition) is 2. The van der Waals surface area contributed by atoms with Crippen LogP contribution in [-0.2, 0) is 4.79 Å². The lowest BCUT2D eigenvalue weighted by Crippen LogP contribution is -2.24. The molecule has 108 valence electrons. The van der Waals surface area contributed by atoms with Crippen LogP contribution >= 0.6 is 0 Å². The normalized spacial score (nSPS) is 12.2. The van der Waals surface area contributed by atoms with E-state index in [0.717, 1.165) is 11.3 Å². The third-order valence-electron chi connectivity index (χ3n) is 3.50. The summed E-state index contributed by atoms with van der Waals surface area (Å²) in [5.41, 5.74) is 7.05. The summed E-state index contributed by atoms with van der Waals surface area (Å²) in [5.74, 6) is 6.11. The van der Waals surface area contributed by atoms with Crippen molar-refractivity contribution in [1.82, 2.24) is 0 Å². The Hall–Kier alpha value is -1.79. The number of carbonyl (C=O) groups is 1. The summed E-state index contributed by atoms with van der Waals surface area (Å²) in [6, 6.07) is 7.52. The molecule has 1 aromatic rings. The zero-order chi connectivity index (χ0) is 15.2. The predicted octanol–water partition coefficient (Wildman–Crippen LogP) is 3.01. The number of nitrogens with one attached hydrogen (secondary N) is 1. The molecule has 0 heterocycles. The van der Waals surface area contributed by atoms with Gasteiger partial charge in [-0.05, 0) is 23.5 Å². The highest BCUT2D eigenvalue weighted by atomic mass is 16.1. The standard InChI is InChI=1S/C17H24N2O/c1-13(17(2,3)4)12-16(20)19-15-10-6-5-8-14(15)9-7-11-18/h5-6,8,10,13H,11-12,18H2,1-4H3,(H,19,20). The van der Waals surface area contributed by atoms with Gasteiger partial charge in [0.25, 0.3) is 0 Å². The van der Waals surface area contributed by atoms with Gasteiger partial charge in [0.15, 0.2) is 0 Å². The summed E-state index contributed by atoms with van der Waals surface area (Å²) < 4.78 is 0. The number of carbonyl (C=O) groups excluding carboxylic acids is 1. The minimum atomic E-state index is 0.0226. The van der Waals surface area contributed by atoms with Gasteiger partial charge in [-0.1, -0.05) is 51.7 Å². The van der Waals surface area contributed by atoms with E-state index < -0.39 is 0 Å². The molecule has 1 rings (SSSR count). The first-order chi connectivity index (χ1) is 9.34. The average Bonchev–Trinajstić information content (AvgIpc) is 2.36. The highest BCUT2D eigenvalue weighted by molar-refractivity contribution is 5.92. The lowest BCUT2D eigenvalue weighted by atomic mass is 9.80. The molecule has 0 radical (unpaired) electrons. The van der Waals surface area contributed by atoms with E-state index in [0.29, 0.717) is 18.9 Å². The van der Waals surface area contributed by atoms with Crippen LogP contribution in [0.3, 0.4) is 0 Å². The molecule has 3 nitrogen and oxygen atoms in total. The van der Waals surface area contributed by atoms with Crippen LogP contribution in [0.5, 0.6) is 0 Å². The Morgan fingerprint density at radius 2 is 2.00 bits per heavy atom. The number of rotatable bonds is 3. The fraction of sp³-hybridized carbons (Fsp3) is 0.471. The van der Waals surface area contributed by atoms with Crippen molar-refractivity contribution in [3.8, 4) is 11.8 Å². The average molecular weight is 272 g/mol. The van der Waals surface area contributed by atoms with Crippen LogP contribution in [0.1, 0.15) is 39.7 Å². The van der Waals surface area contributed by atoms with Crippen molar-refractivity contribution in [3.63, 3.8) is 0 Å². The lowest BCUT2D eigenvalue weighted by Gasteiger charge is -2.26. The first kappa shape index (κ1) is 16.3. The van der Waals surface area contributed by atoms with Crippen molar-refractivity contribution in [1.29, 1.82) is 0 Å². The monoisotopic (exact) mass is 272 g/mol. The van der Waals surface area contributed by atoms with Gasteiger partial charge in [-0.3, -0.25) is 4.79 Å². The van der Waals surface area contributed by atoms with Crippen molar-refractivity contribution in [3.05, 3.63) is 29.8 Å².